The van der Waals surface area contributed by atoms with Crippen LogP contribution in [0.1, 0.15) is 19.4 Å². The van der Waals surface area contributed by atoms with Crippen LogP contribution in [0.25, 0.3) is 0 Å². The van der Waals surface area contributed by atoms with E-state index in [9.17, 15) is 0 Å². The number of ether oxygens (including phenoxy) is 2. The molecule has 1 aromatic rings. The maximum absolute atomic E-state index is 5.68. The zero-order valence-electron chi connectivity index (χ0n) is 12.8. The fourth-order valence-corrected chi connectivity index (χ4v) is 2.48. The maximum atomic E-state index is 5.68. The van der Waals surface area contributed by atoms with E-state index in [0.29, 0.717) is 12.1 Å². The van der Waals surface area contributed by atoms with Crippen LogP contribution in [-0.2, 0) is 16.0 Å². The summed E-state index contributed by atoms with van der Waals surface area (Å²) in [6, 6.07) is 9.25. The Hall–Kier alpha value is -1.10. The fraction of sp³-hybridized carbons (Fsp3) is 0.625. The van der Waals surface area contributed by atoms with E-state index in [-0.39, 0.29) is 0 Å². The van der Waals surface area contributed by atoms with Crippen LogP contribution in [0.5, 0.6) is 0 Å². The molecule has 1 aromatic carbocycles. The topological polar surface area (TPSA) is 33.7 Å². The molecule has 1 fully saturated rings. The Morgan fingerprint density at radius 2 is 2.05 bits per heavy atom. The molecule has 1 heterocycles. The van der Waals surface area contributed by atoms with E-state index in [1.165, 1.54) is 11.3 Å². The smallest absolute Gasteiger partial charge is 0.0723 e. The minimum Gasteiger partial charge on any atom is -0.383 e. The number of nitrogens with zero attached hydrogens (tertiary/aromatic N) is 1. The van der Waals surface area contributed by atoms with E-state index >= 15 is 0 Å². The van der Waals surface area contributed by atoms with Crippen molar-refractivity contribution in [3.05, 3.63) is 29.8 Å². The Labute approximate surface area is 122 Å². The summed E-state index contributed by atoms with van der Waals surface area (Å²) in [5.41, 5.74) is 2.59. The monoisotopic (exact) mass is 278 g/mol. The molecule has 2 unspecified atom stereocenters. The molecule has 0 aliphatic carbocycles. The second-order valence-electron chi connectivity index (χ2n) is 5.48. The Balaban J connectivity index is 1.90. The summed E-state index contributed by atoms with van der Waals surface area (Å²) in [6.07, 6.45) is 0.307. The normalized spacial score (nSPS) is 23.1. The SMILES string of the molecule is COCCNCc1ccc(N2CC(C)OCC2C)cc1. The molecule has 0 amide bonds. The number of hydrogen-bond acceptors (Lipinski definition) is 4. The molecule has 20 heavy (non-hydrogen) atoms. The van der Waals surface area contributed by atoms with Gasteiger partial charge in [0.25, 0.3) is 0 Å². The van der Waals surface area contributed by atoms with Gasteiger partial charge in [-0.3, -0.25) is 0 Å². The average molecular weight is 278 g/mol. The van der Waals surface area contributed by atoms with E-state index in [2.05, 4.69) is 48.3 Å². The van der Waals surface area contributed by atoms with Crippen molar-refractivity contribution < 1.29 is 9.47 Å². The van der Waals surface area contributed by atoms with Gasteiger partial charge in [-0.25, -0.2) is 0 Å². The standard InChI is InChI=1S/C16H26N2O2/c1-13-12-20-14(2)11-18(13)16-6-4-15(5-7-16)10-17-8-9-19-3/h4-7,13-14,17H,8-12H2,1-3H3. The van der Waals surface area contributed by atoms with Gasteiger partial charge in [-0.2, -0.15) is 0 Å². The number of benzene rings is 1. The largest absolute Gasteiger partial charge is 0.383 e. The molecule has 0 spiro atoms. The minimum absolute atomic E-state index is 0.307. The summed E-state index contributed by atoms with van der Waals surface area (Å²) in [4.78, 5) is 2.43. The van der Waals surface area contributed by atoms with E-state index in [4.69, 9.17) is 9.47 Å². The summed E-state index contributed by atoms with van der Waals surface area (Å²) in [5, 5.41) is 3.36. The second-order valence-corrected chi connectivity index (χ2v) is 5.48. The molecule has 4 heteroatoms. The molecule has 1 aliphatic rings. The molecular formula is C16H26N2O2. The molecule has 0 saturated carbocycles. The van der Waals surface area contributed by atoms with Crippen LogP contribution >= 0.6 is 0 Å². The minimum atomic E-state index is 0.307. The number of rotatable bonds is 6. The van der Waals surface area contributed by atoms with Gasteiger partial charge in [0.15, 0.2) is 0 Å². The Morgan fingerprint density at radius 1 is 1.30 bits per heavy atom. The summed E-state index contributed by atoms with van der Waals surface area (Å²) in [6.45, 7) is 8.64. The lowest BCUT2D eigenvalue weighted by molar-refractivity contribution is 0.0344. The van der Waals surface area contributed by atoms with Crippen molar-refractivity contribution in [3.8, 4) is 0 Å². The molecule has 0 radical (unpaired) electrons. The van der Waals surface area contributed by atoms with Gasteiger partial charge in [0.1, 0.15) is 0 Å². The van der Waals surface area contributed by atoms with Gasteiger partial charge in [0, 0.05) is 38.5 Å². The first-order chi connectivity index (χ1) is 9.70. The van der Waals surface area contributed by atoms with Crippen molar-refractivity contribution in [3.63, 3.8) is 0 Å². The van der Waals surface area contributed by atoms with E-state index in [1.807, 2.05) is 0 Å². The summed E-state index contributed by atoms with van der Waals surface area (Å²) < 4.78 is 10.7. The van der Waals surface area contributed by atoms with Crippen LogP contribution < -0.4 is 10.2 Å². The lowest BCUT2D eigenvalue weighted by Gasteiger charge is -2.38. The van der Waals surface area contributed by atoms with Gasteiger partial charge < -0.3 is 19.7 Å². The summed E-state index contributed by atoms with van der Waals surface area (Å²) >= 11 is 0. The van der Waals surface area contributed by atoms with E-state index < -0.39 is 0 Å². The number of hydrogen-bond donors (Lipinski definition) is 1. The Kier molecular flexibility index (Phi) is 5.83. The lowest BCUT2D eigenvalue weighted by atomic mass is 10.1. The van der Waals surface area contributed by atoms with Gasteiger partial charge in [-0.15, -0.1) is 0 Å². The lowest BCUT2D eigenvalue weighted by Crippen LogP contribution is -2.47. The van der Waals surface area contributed by atoms with Crippen molar-refractivity contribution in [2.45, 2.75) is 32.5 Å². The molecule has 112 valence electrons. The first kappa shape index (κ1) is 15.3. The third-order valence-corrected chi connectivity index (χ3v) is 3.69. The van der Waals surface area contributed by atoms with Crippen LogP contribution in [0, 0.1) is 0 Å². The zero-order chi connectivity index (χ0) is 14.4. The first-order valence-corrected chi connectivity index (χ1v) is 7.37. The van der Waals surface area contributed by atoms with E-state index in [0.717, 1.165) is 32.8 Å². The van der Waals surface area contributed by atoms with E-state index in [1.54, 1.807) is 7.11 Å². The molecule has 0 aromatic heterocycles. The third kappa shape index (κ3) is 4.20. The molecule has 1 N–H and O–H groups in total. The molecule has 1 aliphatic heterocycles. The molecule has 1 saturated heterocycles. The molecule has 4 nitrogen and oxygen atoms in total. The second kappa shape index (κ2) is 7.62. The highest BCUT2D eigenvalue weighted by Gasteiger charge is 2.23. The predicted molar refractivity (Wildman–Crippen MR) is 82.2 cm³/mol. The molecule has 0 bridgehead atoms. The van der Waals surface area contributed by atoms with Crippen molar-refractivity contribution >= 4 is 5.69 Å². The quantitative estimate of drug-likeness (QED) is 0.807. The van der Waals surface area contributed by atoms with Crippen LogP contribution in [0.2, 0.25) is 0 Å². The number of methoxy groups -OCH3 is 1. The maximum Gasteiger partial charge on any atom is 0.0723 e. The summed E-state index contributed by atoms with van der Waals surface area (Å²) in [5.74, 6) is 0. The summed E-state index contributed by atoms with van der Waals surface area (Å²) in [7, 11) is 1.72. The highest BCUT2D eigenvalue weighted by Crippen LogP contribution is 2.22. The molecule has 2 rings (SSSR count). The molecular weight excluding hydrogens is 252 g/mol. The van der Waals surface area contributed by atoms with Gasteiger partial charge in [0.05, 0.1) is 19.3 Å². The zero-order valence-corrected chi connectivity index (χ0v) is 12.8. The van der Waals surface area contributed by atoms with Crippen LogP contribution in [0.15, 0.2) is 24.3 Å². The fourth-order valence-electron chi connectivity index (χ4n) is 2.48. The third-order valence-electron chi connectivity index (χ3n) is 3.69. The van der Waals surface area contributed by atoms with Crippen molar-refractivity contribution in [1.82, 2.24) is 5.32 Å². The average Bonchev–Trinajstić information content (AvgIpc) is 2.47. The highest BCUT2D eigenvalue weighted by molar-refractivity contribution is 5.49. The van der Waals surface area contributed by atoms with Gasteiger partial charge in [0.2, 0.25) is 0 Å². The Morgan fingerprint density at radius 3 is 2.75 bits per heavy atom. The first-order valence-electron chi connectivity index (χ1n) is 7.37. The van der Waals surface area contributed by atoms with Crippen LogP contribution in [-0.4, -0.2) is 45.6 Å². The number of morpholine rings is 1. The predicted octanol–water partition coefficient (Wildman–Crippen LogP) is 2.04. The number of anilines is 1. The van der Waals surface area contributed by atoms with Crippen molar-refractivity contribution in [2.75, 3.05) is 38.3 Å². The van der Waals surface area contributed by atoms with Crippen LogP contribution in [0.4, 0.5) is 5.69 Å². The van der Waals surface area contributed by atoms with Gasteiger partial charge >= 0.3 is 0 Å². The molecule has 2 atom stereocenters. The van der Waals surface area contributed by atoms with Gasteiger partial charge in [-0.05, 0) is 31.5 Å². The number of nitrogens with one attached hydrogen (secondary N) is 1. The van der Waals surface area contributed by atoms with Crippen molar-refractivity contribution in [2.24, 2.45) is 0 Å². The van der Waals surface area contributed by atoms with Crippen molar-refractivity contribution in [1.29, 1.82) is 0 Å². The highest BCUT2D eigenvalue weighted by atomic mass is 16.5. The van der Waals surface area contributed by atoms with Gasteiger partial charge in [-0.1, -0.05) is 12.1 Å². The van der Waals surface area contributed by atoms with Crippen LogP contribution in [0.3, 0.4) is 0 Å². The Bertz CT molecular complexity index is 394.